The molecule has 168 valence electrons. The third-order valence-corrected chi connectivity index (χ3v) is 9.35. The Bertz CT molecular complexity index is 859. The maximum absolute atomic E-state index is 13.4. The Kier molecular flexibility index (Phi) is 6.55. The molecule has 1 aromatic heterocycles. The number of hydrogen-bond acceptors (Lipinski definition) is 4. The number of rotatable bonds is 4. The Morgan fingerprint density at radius 1 is 0.900 bits per heavy atom. The molecule has 2 aliphatic heterocycles. The second-order valence-corrected chi connectivity index (χ2v) is 11.0. The fourth-order valence-electron chi connectivity index (χ4n) is 5.29. The zero-order valence-corrected chi connectivity index (χ0v) is 19.3. The van der Waals surface area contributed by atoms with Crippen LogP contribution < -0.4 is 0 Å². The zero-order valence-electron chi connectivity index (χ0n) is 18.5. The number of carbonyl (C=O) groups is 1. The van der Waals surface area contributed by atoms with E-state index in [4.69, 9.17) is 0 Å². The van der Waals surface area contributed by atoms with E-state index in [1.165, 1.54) is 32.1 Å². The summed E-state index contributed by atoms with van der Waals surface area (Å²) in [4.78, 5) is 17.6. The summed E-state index contributed by atoms with van der Waals surface area (Å²) < 4.78 is 30.2. The lowest BCUT2D eigenvalue weighted by Crippen LogP contribution is -2.52. The first-order valence-electron chi connectivity index (χ1n) is 11.6. The van der Waals surface area contributed by atoms with Gasteiger partial charge in [-0.1, -0.05) is 19.3 Å². The van der Waals surface area contributed by atoms with Gasteiger partial charge in [-0.25, -0.2) is 8.42 Å². The first kappa shape index (κ1) is 21.8. The highest BCUT2D eigenvalue weighted by atomic mass is 32.2. The average Bonchev–Trinajstić information content (AvgIpc) is 3.10. The van der Waals surface area contributed by atoms with Crippen molar-refractivity contribution in [1.82, 2.24) is 18.7 Å². The number of sulfonamides is 1. The fourth-order valence-corrected chi connectivity index (χ4v) is 6.98. The van der Waals surface area contributed by atoms with Crippen LogP contribution in [0.25, 0.3) is 0 Å². The van der Waals surface area contributed by atoms with Crippen LogP contribution in [0.3, 0.4) is 0 Å². The molecule has 3 fully saturated rings. The Balaban J connectivity index is 1.48. The summed E-state index contributed by atoms with van der Waals surface area (Å²) in [7, 11) is -1.80. The van der Waals surface area contributed by atoms with Gasteiger partial charge in [-0.15, -0.1) is 0 Å². The lowest BCUT2D eigenvalue weighted by atomic mass is 9.94. The molecule has 1 amide bonds. The smallest absolute Gasteiger partial charge is 0.270 e. The minimum atomic E-state index is -3.60. The highest BCUT2D eigenvalue weighted by molar-refractivity contribution is 7.89. The van der Waals surface area contributed by atoms with Gasteiger partial charge in [-0.3, -0.25) is 9.69 Å². The zero-order chi connectivity index (χ0) is 21.3. The van der Waals surface area contributed by atoms with Gasteiger partial charge in [-0.2, -0.15) is 4.31 Å². The molecule has 3 heterocycles. The quantitative estimate of drug-likeness (QED) is 0.728. The van der Waals surface area contributed by atoms with Crippen LogP contribution in [0.1, 0.15) is 67.5 Å². The third kappa shape index (κ3) is 4.18. The van der Waals surface area contributed by atoms with Gasteiger partial charge in [0.05, 0.1) is 0 Å². The highest BCUT2D eigenvalue weighted by Gasteiger charge is 2.34. The van der Waals surface area contributed by atoms with E-state index in [2.05, 4.69) is 4.90 Å². The topological polar surface area (TPSA) is 65.9 Å². The molecule has 4 rings (SSSR count). The van der Waals surface area contributed by atoms with Crippen LogP contribution in [-0.2, 0) is 17.1 Å². The lowest BCUT2D eigenvalue weighted by Gasteiger charge is -2.40. The molecule has 30 heavy (non-hydrogen) atoms. The Hall–Kier alpha value is -1.38. The molecule has 0 atom stereocenters. The van der Waals surface area contributed by atoms with E-state index in [1.807, 2.05) is 4.90 Å². The van der Waals surface area contributed by atoms with Crippen molar-refractivity contribution in [2.45, 2.75) is 69.2 Å². The number of piperidine rings is 1. The maximum atomic E-state index is 13.4. The van der Waals surface area contributed by atoms with E-state index in [1.54, 1.807) is 28.9 Å². The number of carbonyl (C=O) groups excluding carboxylic acids is 1. The van der Waals surface area contributed by atoms with Gasteiger partial charge in [0.1, 0.15) is 10.6 Å². The van der Waals surface area contributed by atoms with E-state index in [0.717, 1.165) is 45.4 Å². The van der Waals surface area contributed by atoms with Crippen LogP contribution >= 0.6 is 0 Å². The number of aromatic nitrogens is 1. The van der Waals surface area contributed by atoms with Crippen LogP contribution in [-0.4, -0.2) is 78.3 Å². The van der Waals surface area contributed by atoms with Crippen LogP contribution in [0.4, 0.5) is 0 Å². The summed E-state index contributed by atoms with van der Waals surface area (Å²) in [5, 5.41) is 0. The number of likely N-dealkylation sites (tertiary alicyclic amines) is 1. The molecule has 1 saturated carbocycles. The van der Waals surface area contributed by atoms with Gasteiger partial charge < -0.3 is 9.47 Å². The Morgan fingerprint density at radius 2 is 1.50 bits per heavy atom. The highest BCUT2D eigenvalue weighted by Crippen LogP contribution is 2.28. The molecular formula is C22H36N4O3S. The third-order valence-electron chi connectivity index (χ3n) is 7.33. The van der Waals surface area contributed by atoms with Crippen LogP contribution in [0.15, 0.2) is 11.0 Å². The summed E-state index contributed by atoms with van der Waals surface area (Å²) >= 11 is 0. The van der Waals surface area contributed by atoms with E-state index in [-0.39, 0.29) is 10.8 Å². The maximum Gasteiger partial charge on any atom is 0.270 e. The van der Waals surface area contributed by atoms with Crippen molar-refractivity contribution in [3.8, 4) is 0 Å². The predicted molar refractivity (Wildman–Crippen MR) is 117 cm³/mol. The SMILES string of the molecule is Cc1c(S(=O)(=O)N2CCN(C3CCCCC3)CC2)cc(C(=O)N2CCCCC2)n1C. The fraction of sp³-hybridized carbons (Fsp3) is 0.773. The van der Waals surface area contributed by atoms with Crippen LogP contribution in [0.5, 0.6) is 0 Å². The largest absolute Gasteiger partial charge is 0.343 e. The van der Waals surface area contributed by atoms with Crippen molar-refractivity contribution in [2.24, 2.45) is 7.05 Å². The van der Waals surface area contributed by atoms with E-state index in [0.29, 0.717) is 30.5 Å². The van der Waals surface area contributed by atoms with Gasteiger partial charge in [0.25, 0.3) is 5.91 Å². The van der Waals surface area contributed by atoms with Crippen LogP contribution in [0.2, 0.25) is 0 Å². The van der Waals surface area contributed by atoms with Gasteiger partial charge in [0.15, 0.2) is 0 Å². The number of amides is 1. The van der Waals surface area contributed by atoms with Crippen molar-refractivity contribution in [3.05, 3.63) is 17.5 Å². The Labute approximate surface area is 181 Å². The molecule has 0 N–H and O–H groups in total. The number of piperazine rings is 1. The molecule has 1 aromatic rings. The minimum absolute atomic E-state index is 0.0520. The van der Waals surface area contributed by atoms with Crippen molar-refractivity contribution in [2.75, 3.05) is 39.3 Å². The van der Waals surface area contributed by atoms with Crippen molar-refractivity contribution in [1.29, 1.82) is 0 Å². The molecule has 1 aliphatic carbocycles. The summed E-state index contributed by atoms with van der Waals surface area (Å²) in [6.07, 6.45) is 9.59. The predicted octanol–water partition coefficient (Wildman–Crippen LogP) is 2.60. The molecule has 3 aliphatic rings. The number of hydrogen-bond donors (Lipinski definition) is 0. The summed E-state index contributed by atoms with van der Waals surface area (Å²) in [6.45, 7) is 5.98. The molecule has 7 nitrogen and oxygen atoms in total. The molecule has 0 radical (unpaired) electrons. The lowest BCUT2D eigenvalue weighted by molar-refractivity contribution is 0.0714. The molecule has 0 bridgehead atoms. The van der Waals surface area contributed by atoms with E-state index in [9.17, 15) is 13.2 Å². The minimum Gasteiger partial charge on any atom is -0.343 e. The van der Waals surface area contributed by atoms with E-state index < -0.39 is 10.0 Å². The first-order chi connectivity index (χ1) is 14.4. The molecule has 0 unspecified atom stereocenters. The van der Waals surface area contributed by atoms with Gasteiger partial charge in [-0.05, 0) is 45.1 Å². The van der Waals surface area contributed by atoms with Crippen LogP contribution in [0, 0.1) is 6.92 Å². The van der Waals surface area contributed by atoms with Gasteiger partial charge in [0, 0.05) is 58.1 Å². The number of nitrogens with zero attached hydrogens (tertiary/aromatic N) is 4. The summed E-state index contributed by atoms with van der Waals surface area (Å²) in [6, 6.07) is 2.23. The molecular weight excluding hydrogens is 400 g/mol. The summed E-state index contributed by atoms with van der Waals surface area (Å²) in [5.41, 5.74) is 1.12. The summed E-state index contributed by atoms with van der Waals surface area (Å²) in [5.74, 6) is -0.0520. The normalized spacial score (nSPS) is 23.1. The van der Waals surface area contributed by atoms with Crippen molar-refractivity contribution in [3.63, 3.8) is 0 Å². The molecule has 2 saturated heterocycles. The Morgan fingerprint density at radius 3 is 2.13 bits per heavy atom. The molecule has 0 aromatic carbocycles. The van der Waals surface area contributed by atoms with Gasteiger partial charge >= 0.3 is 0 Å². The van der Waals surface area contributed by atoms with Gasteiger partial charge in [0.2, 0.25) is 10.0 Å². The molecule has 8 heteroatoms. The second-order valence-electron chi connectivity index (χ2n) is 9.12. The van der Waals surface area contributed by atoms with Crippen molar-refractivity contribution >= 4 is 15.9 Å². The first-order valence-corrected chi connectivity index (χ1v) is 13.0. The van der Waals surface area contributed by atoms with E-state index >= 15 is 0 Å². The monoisotopic (exact) mass is 436 g/mol. The second kappa shape index (κ2) is 9.01. The molecule has 0 spiro atoms. The van der Waals surface area contributed by atoms with Crippen molar-refractivity contribution < 1.29 is 13.2 Å². The average molecular weight is 437 g/mol. The standard InChI is InChI=1S/C22H36N4O3S/c1-18-21(17-20(23(18)2)22(27)25-11-7-4-8-12-25)30(28,29)26-15-13-24(14-16-26)19-9-5-3-6-10-19/h17,19H,3-16H2,1-2H3.